The van der Waals surface area contributed by atoms with Crippen LogP contribution in [-0.4, -0.2) is 19.9 Å². The lowest BCUT2D eigenvalue weighted by Gasteiger charge is -2.24. The zero-order valence-corrected chi connectivity index (χ0v) is 29.0. The fraction of sp³-hybridized carbons (Fsp3) is 0.0638. The Hall–Kier alpha value is -6.92. The minimum absolute atomic E-state index is 0.231. The Labute approximate surface area is 304 Å². The molecule has 0 atom stereocenters. The number of nitrogens with zero attached hydrogens (tertiary/aromatic N) is 4. The summed E-state index contributed by atoms with van der Waals surface area (Å²) in [6, 6.07) is 49.7. The molecule has 0 bridgehead atoms. The maximum atomic E-state index is 6.50. The first-order valence-corrected chi connectivity index (χ1v) is 17.8. The summed E-state index contributed by atoms with van der Waals surface area (Å²) in [5.41, 5.74) is 11.5. The summed E-state index contributed by atoms with van der Waals surface area (Å²) in [6.45, 7) is 4.58. The van der Waals surface area contributed by atoms with Crippen LogP contribution in [0.25, 0.3) is 101 Å². The molecule has 0 N–H and O–H groups in total. The van der Waals surface area contributed by atoms with Crippen LogP contribution in [0, 0.1) is 0 Å². The van der Waals surface area contributed by atoms with Gasteiger partial charge in [0.25, 0.3) is 0 Å². The summed E-state index contributed by atoms with van der Waals surface area (Å²) in [4.78, 5) is 20.4. The first-order valence-electron chi connectivity index (χ1n) is 17.8. The third-order valence-electron chi connectivity index (χ3n) is 10.7. The van der Waals surface area contributed by atoms with Crippen molar-refractivity contribution >= 4 is 43.8 Å². The summed E-state index contributed by atoms with van der Waals surface area (Å²) in [5.74, 6) is 2.45. The molecule has 6 nitrogen and oxygen atoms in total. The smallest absolute Gasteiger partial charge is 0.227 e. The van der Waals surface area contributed by atoms with Gasteiger partial charge >= 0.3 is 0 Å². The standard InChI is InChI=1S/C47H30N4O2/c1-47(2)35-19-10-9-16-31(35)32-17-11-18-33(41(32)47)45-50-43(28-12-5-3-6-13-28)49-44(51-45)30-21-20-27-22-24-37-39(34(27)26-30)40-38(52-37)25-23-36-42(40)53-46(48-36)29-14-7-4-8-15-29/h3-26H,1-2H3. The van der Waals surface area contributed by atoms with E-state index in [0.717, 1.165) is 60.5 Å². The highest BCUT2D eigenvalue weighted by atomic mass is 16.4. The van der Waals surface area contributed by atoms with Gasteiger partial charge in [-0.1, -0.05) is 123 Å². The van der Waals surface area contributed by atoms with Crippen molar-refractivity contribution in [2.24, 2.45) is 0 Å². The molecule has 11 rings (SSSR count). The van der Waals surface area contributed by atoms with E-state index in [1.165, 1.54) is 22.3 Å². The van der Waals surface area contributed by atoms with E-state index in [-0.39, 0.29) is 5.41 Å². The second-order valence-electron chi connectivity index (χ2n) is 14.2. The van der Waals surface area contributed by atoms with E-state index in [1.54, 1.807) is 0 Å². The minimum Gasteiger partial charge on any atom is -0.456 e. The number of benzene rings is 7. The summed E-state index contributed by atoms with van der Waals surface area (Å²) in [6.07, 6.45) is 0. The van der Waals surface area contributed by atoms with Crippen LogP contribution in [0.15, 0.2) is 154 Å². The van der Waals surface area contributed by atoms with Gasteiger partial charge in [-0.3, -0.25) is 0 Å². The Balaban J connectivity index is 1.15. The van der Waals surface area contributed by atoms with Crippen LogP contribution in [0.2, 0.25) is 0 Å². The lowest BCUT2D eigenvalue weighted by Crippen LogP contribution is -2.17. The Morgan fingerprint density at radius 2 is 1.11 bits per heavy atom. The zero-order valence-electron chi connectivity index (χ0n) is 29.0. The van der Waals surface area contributed by atoms with Gasteiger partial charge < -0.3 is 8.83 Å². The summed E-state index contributed by atoms with van der Waals surface area (Å²) in [5, 5.41) is 3.96. The second-order valence-corrected chi connectivity index (χ2v) is 14.2. The van der Waals surface area contributed by atoms with Crippen LogP contribution in [0.4, 0.5) is 0 Å². The number of furan rings is 1. The number of oxazole rings is 1. The monoisotopic (exact) mass is 682 g/mol. The molecule has 0 saturated carbocycles. The maximum absolute atomic E-state index is 6.50. The number of hydrogen-bond acceptors (Lipinski definition) is 6. The number of fused-ring (bicyclic) bond motifs is 10. The van der Waals surface area contributed by atoms with Gasteiger partial charge in [0, 0.05) is 33.1 Å². The van der Waals surface area contributed by atoms with E-state index in [9.17, 15) is 0 Å². The predicted molar refractivity (Wildman–Crippen MR) is 211 cm³/mol. The van der Waals surface area contributed by atoms with E-state index in [0.29, 0.717) is 28.9 Å². The second kappa shape index (κ2) is 11.0. The molecule has 6 heteroatoms. The first-order chi connectivity index (χ1) is 26.0. The third-order valence-corrected chi connectivity index (χ3v) is 10.7. The van der Waals surface area contributed by atoms with E-state index in [2.05, 4.69) is 80.6 Å². The number of aromatic nitrogens is 4. The highest BCUT2D eigenvalue weighted by molar-refractivity contribution is 6.25. The molecule has 7 aromatic carbocycles. The van der Waals surface area contributed by atoms with Crippen molar-refractivity contribution < 1.29 is 8.83 Å². The van der Waals surface area contributed by atoms with Crippen molar-refractivity contribution in [1.82, 2.24) is 19.9 Å². The molecule has 1 aliphatic carbocycles. The van der Waals surface area contributed by atoms with Crippen molar-refractivity contribution in [2.45, 2.75) is 19.3 Å². The third kappa shape index (κ3) is 4.45. The van der Waals surface area contributed by atoms with E-state index < -0.39 is 0 Å². The van der Waals surface area contributed by atoms with Crippen LogP contribution < -0.4 is 0 Å². The Bertz CT molecular complexity index is 3090. The maximum Gasteiger partial charge on any atom is 0.227 e. The highest BCUT2D eigenvalue weighted by Gasteiger charge is 2.38. The molecule has 0 spiro atoms. The molecule has 3 heterocycles. The van der Waals surface area contributed by atoms with Crippen molar-refractivity contribution in [3.8, 4) is 56.7 Å². The van der Waals surface area contributed by atoms with Crippen molar-refractivity contribution in [3.63, 3.8) is 0 Å². The highest BCUT2D eigenvalue weighted by Crippen LogP contribution is 2.52. The van der Waals surface area contributed by atoms with Crippen LogP contribution in [0.3, 0.4) is 0 Å². The van der Waals surface area contributed by atoms with Crippen molar-refractivity contribution in [2.75, 3.05) is 0 Å². The van der Waals surface area contributed by atoms with E-state index >= 15 is 0 Å². The van der Waals surface area contributed by atoms with Gasteiger partial charge in [-0.25, -0.2) is 19.9 Å². The normalized spacial score (nSPS) is 13.2. The molecular formula is C47H30N4O2. The average molecular weight is 683 g/mol. The molecule has 0 unspecified atom stereocenters. The van der Waals surface area contributed by atoms with Crippen LogP contribution in [0.1, 0.15) is 25.0 Å². The van der Waals surface area contributed by atoms with Gasteiger partial charge in [-0.15, -0.1) is 0 Å². The van der Waals surface area contributed by atoms with E-state index in [4.69, 9.17) is 28.8 Å². The van der Waals surface area contributed by atoms with Gasteiger partial charge in [0.2, 0.25) is 5.89 Å². The zero-order chi connectivity index (χ0) is 35.3. The Morgan fingerprint density at radius 3 is 1.94 bits per heavy atom. The molecule has 0 aliphatic heterocycles. The van der Waals surface area contributed by atoms with Crippen molar-refractivity contribution in [1.29, 1.82) is 0 Å². The first kappa shape index (κ1) is 29.8. The Morgan fingerprint density at radius 1 is 0.472 bits per heavy atom. The topological polar surface area (TPSA) is 77.8 Å². The van der Waals surface area contributed by atoms with Crippen LogP contribution in [-0.2, 0) is 5.41 Å². The molecule has 0 fully saturated rings. The lowest BCUT2D eigenvalue weighted by molar-refractivity contribution is 0.622. The SMILES string of the molecule is CC1(C)c2ccccc2-c2cccc(-c3nc(-c4ccccc4)nc(-c4ccc5ccc6oc7ccc8nc(-c9ccccc9)oc8c7c6c5c4)n3)c21. The summed E-state index contributed by atoms with van der Waals surface area (Å²) >= 11 is 0. The number of hydrogen-bond donors (Lipinski definition) is 0. The number of rotatable bonds is 4. The minimum atomic E-state index is -0.231. The largest absolute Gasteiger partial charge is 0.456 e. The molecule has 0 amide bonds. The molecular weight excluding hydrogens is 653 g/mol. The van der Waals surface area contributed by atoms with Crippen LogP contribution in [0.5, 0.6) is 0 Å². The Kier molecular flexibility index (Phi) is 6.20. The van der Waals surface area contributed by atoms with Gasteiger partial charge in [-0.2, -0.15) is 0 Å². The summed E-state index contributed by atoms with van der Waals surface area (Å²) in [7, 11) is 0. The van der Waals surface area contributed by atoms with E-state index in [1.807, 2.05) is 78.9 Å². The molecule has 53 heavy (non-hydrogen) atoms. The van der Waals surface area contributed by atoms with Gasteiger partial charge in [-0.05, 0) is 69.4 Å². The average Bonchev–Trinajstić information content (AvgIpc) is 3.89. The molecule has 250 valence electrons. The van der Waals surface area contributed by atoms with Gasteiger partial charge in [0.1, 0.15) is 16.7 Å². The molecule has 1 aliphatic rings. The van der Waals surface area contributed by atoms with Gasteiger partial charge in [0.15, 0.2) is 23.1 Å². The fourth-order valence-corrected chi connectivity index (χ4v) is 8.28. The quantitative estimate of drug-likeness (QED) is 0.184. The predicted octanol–water partition coefficient (Wildman–Crippen LogP) is 12.0. The van der Waals surface area contributed by atoms with Crippen LogP contribution >= 0.6 is 0 Å². The molecule has 3 aromatic heterocycles. The van der Waals surface area contributed by atoms with Gasteiger partial charge in [0.05, 0.1) is 5.39 Å². The molecule has 10 aromatic rings. The fourth-order valence-electron chi connectivity index (χ4n) is 8.28. The molecule has 0 saturated heterocycles. The molecule has 0 radical (unpaired) electrons. The summed E-state index contributed by atoms with van der Waals surface area (Å²) < 4.78 is 12.9. The van der Waals surface area contributed by atoms with Crippen molar-refractivity contribution in [3.05, 3.63) is 157 Å². The lowest BCUT2D eigenvalue weighted by atomic mass is 9.80.